The Morgan fingerprint density at radius 1 is 1.16 bits per heavy atom. The molecule has 0 aliphatic carbocycles. The van der Waals surface area contributed by atoms with Gasteiger partial charge in [-0.1, -0.05) is 12.8 Å². The molecule has 0 amide bonds. The second-order valence-electron chi connectivity index (χ2n) is 7.11. The predicted octanol–water partition coefficient (Wildman–Crippen LogP) is 2.76. The molecule has 0 spiro atoms. The molecule has 2 fully saturated rings. The van der Waals surface area contributed by atoms with Crippen LogP contribution < -0.4 is 15.5 Å². The van der Waals surface area contributed by atoms with Crippen LogP contribution in [0.5, 0.6) is 0 Å². The number of hydrogen-bond acceptors (Lipinski definition) is 4. The molecule has 0 aromatic carbocycles. The minimum atomic E-state index is 0.528. The quantitative estimate of drug-likeness (QED) is 0.624. The fourth-order valence-electron chi connectivity index (χ4n) is 3.77. The molecular weight excluding hydrogens is 330 g/mol. The van der Waals surface area contributed by atoms with Gasteiger partial charge in [-0.3, -0.25) is 4.99 Å². The topological polar surface area (TPSA) is 42.9 Å². The van der Waals surface area contributed by atoms with E-state index in [-0.39, 0.29) is 0 Å². The van der Waals surface area contributed by atoms with Gasteiger partial charge in [0.2, 0.25) is 0 Å². The van der Waals surface area contributed by atoms with Crippen molar-refractivity contribution in [2.75, 3.05) is 51.2 Å². The van der Waals surface area contributed by atoms with Crippen molar-refractivity contribution in [3.8, 4) is 0 Å². The summed E-state index contributed by atoms with van der Waals surface area (Å²) in [5.41, 5.74) is 0. The lowest BCUT2D eigenvalue weighted by Gasteiger charge is -2.33. The number of likely N-dealkylation sites (tertiary alicyclic amines) is 1. The molecule has 2 aliphatic rings. The van der Waals surface area contributed by atoms with Crippen molar-refractivity contribution < 1.29 is 0 Å². The molecule has 1 aromatic heterocycles. The lowest BCUT2D eigenvalue weighted by Crippen LogP contribution is -2.49. The Morgan fingerprint density at radius 3 is 2.56 bits per heavy atom. The molecule has 2 N–H and O–H groups in total. The monoisotopic (exact) mass is 363 g/mol. The van der Waals surface area contributed by atoms with Gasteiger partial charge < -0.3 is 20.4 Å². The van der Waals surface area contributed by atoms with Crippen LogP contribution in [0.3, 0.4) is 0 Å². The summed E-state index contributed by atoms with van der Waals surface area (Å²) in [6.45, 7) is 6.88. The smallest absolute Gasteiger partial charge is 0.191 e. The van der Waals surface area contributed by atoms with E-state index < -0.39 is 0 Å². The third-order valence-corrected chi connectivity index (χ3v) is 6.23. The van der Waals surface area contributed by atoms with Crippen molar-refractivity contribution in [3.63, 3.8) is 0 Å². The average molecular weight is 364 g/mol. The molecule has 25 heavy (non-hydrogen) atoms. The van der Waals surface area contributed by atoms with Crippen LogP contribution >= 0.6 is 11.3 Å². The molecule has 5 nitrogen and oxygen atoms in total. The zero-order valence-corrected chi connectivity index (χ0v) is 16.4. The molecule has 0 unspecified atom stereocenters. The highest BCUT2D eigenvalue weighted by atomic mass is 32.1. The van der Waals surface area contributed by atoms with Crippen LogP contribution in [0.4, 0.5) is 5.00 Å². The SMILES string of the molecule is CN=C(NCCN1CCCCCC1)NC1CCN(c2cccs2)CC1. The summed E-state index contributed by atoms with van der Waals surface area (Å²) in [4.78, 5) is 9.51. The minimum Gasteiger partial charge on any atom is -0.363 e. The molecule has 6 heteroatoms. The Morgan fingerprint density at radius 2 is 1.92 bits per heavy atom. The largest absolute Gasteiger partial charge is 0.363 e. The first-order valence-corrected chi connectivity index (χ1v) is 10.7. The van der Waals surface area contributed by atoms with E-state index in [9.17, 15) is 0 Å². The summed E-state index contributed by atoms with van der Waals surface area (Å²) >= 11 is 1.84. The maximum atomic E-state index is 4.42. The standard InChI is InChI=1S/C19H33N5S/c1-20-19(21-10-15-23-11-4-2-3-5-12-23)22-17-8-13-24(14-9-17)18-7-6-16-25-18/h6-7,16-17H,2-5,8-15H2,1H3,(H2,20,21,22). The van der Waals surface area contributed by atoms with Crippen LogP contribution in [0.1, 0.15) is 38.5 Å². The fourth-order valence-corrected chi connectivity index (χ4v) is 4.56. The summed E-state index contributed by atoms with van der Waals surface area (Å²) in [5, 5.41) is 10.7. The third-order valence-electron chi connectivity index (χ3n) is 5.30. The number of aliphatic imine (C=N–C) groups is 1. The van der Waals surface area contributed by atoms with Crippen molar-refractivity contribution >= 4 is 22.3 Å². The number of anilines is 1. The van der Waals surface area contributed by atoms with Crippen LogP contribution in [0, 0.1) is 0 Å². The molecule has 140 valence electrons. The van der Waals surface area contributed by atoms with Gasteiger partial charge in [0.25, 0.3) is 0 Å². The number of guanidine groups is 1. The van der Waals surface area contributed by atoms with Crippen LogP contribution in [-0.4, -0.2) is 63.2 Å². The van der Waals surface area contributed by atoms with Crippen LogP contribution in [0.2, 0.25) is 0 Å². The van der Waals surface area contributed by atoms with Gasteiger partial charge in [0.1, 0.15) is 0 Å². The fraction of sp³-hybridized carbons (Fsp3) is 0.737. The summed E-state index contributed by atoms with van der Waals surface area (Å²) in [5.74, 6) is 0.962. The van der Waals surface area contributed by atoms with E-state index in [0.29, 0.717) is 6.04 Å². The Hall–Kier alpha value is -1.27. The molecule has 0 radical (unpaired) electrons. The van der Waals surface area contributed by atoms with Crippen LogP contribution in [-0.2, 0) is 0 Å². The number of piperidine rings is 1. The zero-order chi connectivity index (χ0) is 17.3. The van der Waals surface area contributed by atoms with E-state index in [1.807, 2.05) is 18.4 Å². The highest BCUT2D eigenvalue weighted by molar-refractivity contribution is 7.14. The first-order chi connectivity index (χ1) is 12.3. The van der Waals surface area contributed by atoms with Gasteiger partial charge in [0, 0.05) is 39.3 Å². The van der Waals surface area contributed by atoms with Gasteiger partial charge >= 0.3 is 0 Å². The second-order valence-corrected chi connectivity index (χ2v) is 8.04. The molecular formula is C19H33N5S. The van der Waals surface area contributed by atoms with Gasteiger partial charge in [-0.2, -0.15) is 0 Å². The highest BCUT2D eigenvalue weighted by Crippen LogP contribution is 2.24. The Bertz CT molecular complexity index is 500. The number of thiophene rings is 1. The Labute approximate surface area is 156 Å². The highest BCUT2D eigenvalue weighted by Gasteiger charge is 2.20. The van der Waals surface area contributed by atoms with Crippen molar-refractivity contribution in [3.05, 3.63) is 17.5 Å². The number of rotatable bonds is 5. The van der Waals surface area contributed by atoms with Crippen molar-refractivity contribution in [1.29, 1.82) is 0 Å². The molecule has 0 saturated carbocycles. The van der Waals surface area contributed by atoms with E-state index in [2.05, 4.69) is 42.9 Å². The number of nitrogens with one attached hydrogen (secondary N) is 2. The maximum Gasteiger partial charge on any atom is 0.191 e. The summed E-state index contributed by atoms with van der Waals surface area (Å²) in [6.07, 6.45) is 7.86. The first-order valence-electron chi connectivity index (χ1n) is 9.83. The molecule has 0 atom stereocenters. The van der Waals surface area contributed by atoms with Crippen molar-refractivity contribution in [2.24, 2.45) is 4.99 Å². The Kier molecular flexibility index (Phi) is 7.42. The molecule has 3 rings (SSSR count). The van der Waals surface area contributed by atoms with Crippen molar-refractivity contribution in [1.82, 2.24) is 15.5 Å². The van der Waals surface area contributed by atoms with Crippen LogP contribution in [0.15, 0.2) is 22.5 Å². The zero-order valence-electron chi connectivity index (χ0n) is 15.5. The molecule has 2 aliphatic heterocycles. The summed E-state index contributed by atoms with van der Waals surface area (Å²) in [6, 6.07) is 4.89. The maximum absolute atomic E-state index is 4.42. The number of hydrogen-bond donors (Lipinski definition) is 2. The van der Waals surface area contributed by atoms with E-state index in [1.54, 1.807) is 0 Å². The van der Waals surface area contributed by atoms with Gasteiger partial charge in [0.05, 0.1) is 5.00 Å². The second kappa shape index (κ2) is 10.0. The minimum absolute atomic E-state index is 0.528. The van der Waals surface area contributed by atoms with Gasteiger partial charge in [-0.15, -0.1) is 11.3 Å². The average Bonchev–Trinajstić information content (AvgIpc) is 3.06. The van der Waals surface area contributed by atoms with Gasteiger partial charge in [-0.25, -0.2) is 0 Å². The van der Waals surface area contributed by atoms with Gasteiger partial charge in [0.15, 0.2) is 5.96 Å². The van der Waals surface area contributed by atoms with E-state index in [4.69, 9.17) is 0 Å². The van der Waals surface area contributed by atoms with E-state index >= 15 is 0 Å². The third kappa shape index (κ3) is 5.89. The molecule has 0 bridgehead atoms. The lowest BCUT2D eigenvalue weighted by atomic mass is 10.1. The van der Waals surface area contributed by atoms with E-state index in [0.717, 1.165) is 32.1 Å². The molecule has 3 heterocycles. The Balaban J connectivity index is 1.35. The van der Waals surface area contributed by atoms with E-state index in [1.165, 1.54) is 56.6 Å². The molecule has 2 saturated heterocycles. The summed E-state index contributed by atoms with van der Waals surface area (Å²) < 4.78 is 0. The van der Waals surface area contributed by atoms with Crippen molar-refractivity contribution in [2.45, 2.75) is 44.6 Å². The normalized spacial score (nSPS) is 21.2. The lowest BCUT2D eigenvalue weighted by molar-refractivity contribution is 0.289. The predicted molar refractivity (Wildman–Crippen MR) is 109 cm³/mol. The number of nitrogens with zero attached hydrogens (tertiary/aromatic N) is 3. The van der Waals surface area contributed by atoms with Crippen LogP contribution in [0.25, 0.3) is 0 Å². The summed E-state index contributed by atoms with van der Waals surface area (Å²) in [7, 11) is 1.88. The van der Waals surface area contributed by atoms with Gasteiger partial charge in [-0.05, 0) is 56.3 Å². The first kappa shape index (κ1) is 18.5. The molecule has 1 aromatic rings.